The fraction of sp³-hybridized carbons (Fsp3) is 0.333. The van der Waals surface area contributed by atoms with Gasteiger partial charge in [0.05, 0.1) is 10.9 Å². The van der Waals surface area contributed by atoms with Gasteiger partial charge >= 0.3 is 5.97 Å². The number of thiazole rings is 1. The number of pyridine rings is 1. The number of aryl methyl sites for hydroxylation is 1. The first-order valence-corrected chi connectivity index (χ1v) is 10.5. The summed E-state index contributed by atoms with van der Waals surface area (Å²) in [5.74, 6) is -2.84. The number of fused-ring (bicyclic) bond motifs is 4. The summed E-state index contributed by atoms with van der Waals surface area (Å²) in [6, 6.07) is 0.804. The van der Waals surface area contributed by atoms with Crippen LogP contribution in [0, 0.1) is 30.4 Å². The minimum Gasteiger partial charge on any atom is -0.477 e. The molecule has 5 rings (SSSR count). The summed E-state index contributed by atoms with van der Waals surface area (Å²) >= 11 is 1.05. The number of nitrogens with zero attached hydrogens (tertiary/aromatic N) is 2. The second-order valence-corrected chi connectivity index (χ2v) is 8.87. The van der Waals surface area contributed by atoms with Crippen molar-refractivity contribution in [3.05, 3.63) is 56.7 Å². The molecule has 1 aliphatic heterocycles. The van der Waals surface area contributed by atoms with Gasteiger partial charge in [-0.1, -0.05) is 12.2 Å². The highest BCUT2D eigenvalue weighted by Gasteiger charge is 2.39. The molecule has 30 heavy (non-hydrogen) atoms. The van der Waals surface area contributed by atoms with Gasteiger partial charge in [-0.2, -0.15) is 0 Å². The maximum absolute atomic E-state index is 15.8. The van der Waals surface area contributed by atoms with Crippen molar-refractivity contribution in [1.29, 1.82) is 0 Å². The highest BCUT2D eigenvalue weighted by molar-refractivity contribution is 7.16. The van der Waals surface area contributed by atoms with Gasteiger partial charge in [-0.15, -0.1) is 11.3 Å². The average Bonchev–Trinajstić information content (AvgIpc) is 3.27. The van der Waals surface area contributed by atoms with Gasteiger partial charge < -0.3 is 20.1 Å². The van der Waals surface area contributed by atoms with E-state index in [1.54, 1.807) is 17.2 Å². The van der Waals surface area contributed by atoms with Crippen molar-refractivity contribution in [1.82, 2.24) is 4.40 Å². The van der Waals surface area contributed by atoms with Gasteiger partial charge in [0.2, 0.25) is 5.43 Å². The molecule has 0 bridgehead atoms. The Hall–Kier alpha value is -2.78. The molecule has 3 N–H and O–H groups in total. The lowest BCUT2D eigenvalue weighted by Crippen LogP contribution is -2.35. The minimum atomic E-state index is -1.42. The van der Waals surface area contributed by atoms with Crippen molar-refractivity contribution in [2.75, 3.05) is 18.0 Å². The third-order valence-corrected chi connectivity index (χ3v) is 7.36. The molecule has 3 heterocycles. The monoisotopic (exact) mass is 431 g/mol. The molecule has 3 unspecified atom stereocenters. The molecule has 1 aliphatic carbocycles. The van der Waals surface area contributed by atoms with Gasteiger partial charge in [0.1, 0.15) is 21.9 Å². The Balaban J connectivity index is 1.78. The van der Waals surface area contributed by atoms with Crippen LogP contribution in [0.2, 0.25) is 0 Å². The Morgan fingerprint density at radius 2 is 2.10 bits per heavy atom. The molecule has 1 saturated heterocycles. The van der Waals surface area contributed by atoms with E-state index < -0.39 is 28.6 Å². The van der Waals surface area contributed by atoms with Gasteiger partial charge in [-0.25, -0.2) is 13.6 Å². The number of nitrogens with two attached hydrogens (primary N) is 1. The van der Waals surface area contributed by atoms with Crippen molar-refractivity contribution < 1.29 is 18.7 Å². The number of hydrogen-bond donors (Lipinski definition) is 2. The zero-order valence-corrected chi connectivity index (χ0v) is 16.9. The Morgan fingerprint density at radius 1 is 1.33 bits per heavy atom. The maximum Gasteiger partial charge on any atom is 0.342 e. The Bertz CT molecular complexity index is 1310. The Kier molecular flexibility index (Phi) is 4.23. The quantitative estimate of drug-likeness (QED) is 0.609. The largest absolute Gasteiger partial charge is 0.477 e. The fourth-order valence-corrected chi connectivity index (χ4v) is 5.90. The van der Waals surface area contributed by atoms with Gasteiger partial charge in [-0.3, -0.25) is 4.79 Å². The van der Waals surface area contributed by atoms with Crippen molar-refractivity contribution in [2.24, 2.45) is 17.6 Å². The van der Waals surface area contributed by atoms with Crippen LogP contribution >= 0.6 is 11.3 Å². The van der Waals surface area contributed by atoms with E-state index in [0.717, 1.165) is 23.8 Å². The van der Waals surface area contributed by atoms with Crippen LogP contribution in [0.1, 0.15) is 22.5 Å². The number of rotatable bonds is 2. The van der Waals surface area contributed by atoms with Crippen molar-refractivity contribution in [3.8, 4) is 0 Å². The predicted molar refractivity (Wildman–Crippen MR) is 112 cm³/mol. The summed E-state index contributed by atoms with van der Waals surface area (Å²) < 4.78 is 32.4. The third-order valence-electron chi connectivity index (χ3n) is 6.29. The van der Waals surface area contributed by atoms with E-state index >= 15 is 8.78 Å². The van der Waals surface area contributed by atoms with Crippen LogP contribution < -0.4 is 16.1 Å². The number of carboxylic acids is 1. The van der Waals surface area contributed by atoms with E-state index in [2.05, 4.69) is 0 Å². The molecule has 1 aromatic carbocycles. The topological polar surface area (TPSA) is 88.0 Å². The molecule has 0 spiro atoms. The SMILES string of the molecule is Cc1csc2c(C(=O)O)c(=O)c3cc(F)c(N4CC5CC=CC(N)C5C4)c(F)c3n12. The molecule has 9 heteroatoms. The van der Waals surface area contributed by atoms with E-state index in [0.29, 0.717) is 18.8 Å². The number of allylic oxidation sites excluding steroid dienone is 1. The Labute approximate surface area is 173 Å². The van der Waals surface area contributed by atoms with Crippen LogP contribution in [0.15, 0.2) is 28.4 Å². The zero-order chi connectivity index (χ0) is 21.3. The molecule has 0 amide bonds. The summed E-state index contributed by atoms with van der Waals surface area (Å²) in [4.78, 5) is 26.3. The first-order valence-electron chi connectivity index (χ1n) is 9.64. The van der Waals surface area contributed by atoms with E-state index in [1.807, 2.05) is 12.2 Å². The third kappa shape index (κ3) is 2.55. The highest BCUT2D eigenvalue weighted by Crippen LogP contribution is 2.39. The molecular formula is C21H19F2N3O3S. The standard InChI is InChI=1S/C21H19F2N3O3S/c1-9-8-30-20-15(21(28)29)19(27)11-5-13(22)18(16(23)17(11)26(9)20)25-6-10-3-2-4-14(24)12(10)7-25/h2,4-5,8,10,12,14H,3,6-7,24H2,1H3,(H,28,29). The molecule has 6 nitrogen and oxygen atoms in total. The summed E-state index contributed by atoms with van der Waals surface area (Å²) in [5.41, 5.74) is 5.10. The van der Waals surface area contributed by atoms with Crippen molar-refractivity contribution in [3.63, 3.8) is 0 Å². The number of benzene rings is 1. The lowest BCUT2D eigenvalue weighted by atomic mass is 9.83. The van der Waals surface area contributed by atoms with Crippen molar-refractivity contribution in [2.45, 2.75) is 19.4 Å². The van der Waals surface area contributed by atoms with Crippen LogP contribution in [0.5, 0.6) is 0 Å². The molecule has 2 aliphatic rings. The second-order valence-electron chi connectivity index (χ2n) is 8.01. The number of hydrogen-bond acceptors (Lipinski definition) is 5. The number of anilines is 1. The van der Waals surface area contributed by atoms with E-state index in [-0.39, 0.29) is 39.3 Å². The number of aromatic nitrogens is 1. The molecule has 2 aromatic heterocycles. The summed E-state index contributed by atoms with van der Waals surface area (Å²) in [6.07, 6.45) is 4.75. The van der Waals surface area contributed by atoms with E-state index in [9.17, 15) is 14.7 Å². The Morgan fingerprint density at radius 3 is 2.80 bits per heavy atom. The molecule has 0 radical (unpaired) electrons. The first kappa shape index (κ1) is 19.2. The second kappa shape index (κ2) is 6.61. The van der Waals surface area contributed by atoms with Crippen LogP contribution in [0.3, 0.4) is 0 Å². The van der Waals surface area contributed by atoms with E-state index in [1.165, 1.54) is 4.40 Å². The number of carbonyl (C=O) groups is 1. The molecule has 156 valence electrons. The summed E-state index contributed by atoms with van der Waals surface area (Å²) in [7, 11) is 0. The average molecular weight is 431 g/mol. The van der Waals surface area contributed by atoms with Gasteiger partial charge in [0.15, 0.2) is 5.82 Å². The number of carboxylic acid groups (broad SMARTS) is 1. The van der Waals surface area contributed by atoms with Gasteiger partial charge in [0.25, 0.3) is 0 Å². The normalized spacial score (nSPS) is 23.5. The number of halogens is 2. The molecular weight excluding hydrogens is 412 g/mol. The highest BCUT2D eigenvalue weighted by atomic mass is 32.1. The fourth-order valence-electron chi connectivity index (χ4n) is 4.87. The smallest absolute Gasteiger partial charge is 0.342 e. The number of aromatic carboxylic acids is 1. The van der Waals surface area contributed by atoms with Crippen LogP contribution in [-0.2, 0) is 0 Å². The molecule has 1 fully saturated rings. The van der Waals surface area contributed by atoms with Gasteiger partial charge in [-0.05, 0) is 31.2 Å². The van der Waals surface area contributed by atoms with Crippen LogP contribution in [0.25, 0.3) is 15.7 Å². The maximum atomic E-state index is 15.8. The van der Waals surface area contributed by atoms with Crippen LogP contribution in [0.4, 0.5) is 14.5 Å². The lowest BCUT2D eigenvalue weighted by molar-refractivity contribution is 0.0697. The molecule has 0 saturated carbocycles. The predicted octanol–water partition coefficient (Wildman–Crippen LogP) is 3.14. The lowest BCUT2D eigenvalue weighted by Gasteiger charge is -2.25. The van der Waals surface area contributed by atoms with E-state index in [4.69, 9.17) is 5.73 Å². The molecule has 3 atom stereocenters. The summed E-state index contributed by atoms with van der Waals surface area (Å²) in [6.45, 7) is 2.58. The zero-order valence-electron chi connectivity index (χ0n) is 16.1. The first-order chi connectivity index (χ1) is 14.3. The minimum absolute atomic E-state index is 0.0903. The van der Waals surface area contributed by atoms with Crippen LogP contribution in [-0.4, -0.2) is 34.6 Å². The summed E-state index contributed by atoms with van der Waals surface area (Å²) in [5, 5.41) is 10.9. The van der Waals surface area contributed by atoms with Gasteiger partial charge in [0, 0.05) is 30.2 Å². The van der Waals surface area contributed by atoms with Crippen molar-refractivity contribution >= 4 is 38.7 Å². The molecule has 3 aromatic rings.